The molecule has 0 bridgehead atoms. The number of nitrogens with one attached hydrogen (secondary N) is 1. The average Bonchev–Trinajstić information content (AvgIpc) is 3.08. The predicted molar refractivity (Wildman–Crippen MR) is 85.9 cm³/mol. The predicted octanol–water partition coefficient (Wildman–Crippen LogP) is 3.23. The van der Waals surface area contributed by atoms with Crippen LogP contribution in [0.5, 0.6) is 0 Å². The van der Waals surface area contributed by atoms with Crippen LogP contribution in [0.1, 0.15) is 10.4 Å². The molecule has 0 amide bonds. The van der Waals surface area contributed by atoms with Crippen molar-refractivity contribution in [3.05, 3.63) is 46.2 Å². The summed E-state index contributed by atoms with van der Waals surface area (Å²) in [6.07, 6.45) is 0. The first-order chi connectivity index (χ1) is 9.86. The van der Waals surface area contributed by atoms with Crippen molar-refractivity contribution >= 4 is 34.1 Å². The summed E-state index contributed by atoms with van der Waals surface area (Å²) in [5.74, 6) is 6.88. The molecular weight excluding hydrogens is 286 g/mol. The minimum Gasteiger partial charge on any atom is -0.333 e. The van der Waals surface area contributed by atoms with Gasteiger partial charge in [0.25, 0.3) is 0 Å². The lowest BCUT2D eigenvalue weighted by Crippen LogP contribution is -1.93. The molecule has 100 valence electrons. The Morgan fingerprint density at radius 2 is 2.20 bits per heavy atom. The zero-order valence-electron chi connectivity index (χ0n) is 10.7. The second-order valence-electron chi connectivity index (χ2n) is 4.11. The van der Waals surface area contributed by atoms with Crippen molar-refractivity contribution in [3.63, 3.8) is 0 Å². The first-order valence-corrected chi connectivity index (χ1v) is 8.06. The van der Waals surface area contributed by atoms with E-state index in [0.717, 1.165) is 27.5 Å². The molecule has 0 spiro atoms. The topological polar surface area (TPSA) is 54.7 Å². The summed E-state index contributed by atoms with van der Waals surface area (Å²) >= 11 is 3.42. The quantitative estimate of drug-likeness (QED) is 0.577. The molecule has 0 saturated heterocycles. The maximum atomic E-state index is 5.41. The number of rotatable bonds is 3. The second kappa shape index (κ2) is 6.14. The number of aromatic nitrogens is 2. The van der Waals surface area contributed by atoms with Crippen LogP contribution in [0, 0.1) is 11.8 Å². The summed E-state index contributed by atoms with van der Waals surface area (Å²) < 4.78 is 0. The van der Waals surface area contributed by atoms with E-state index < -0.39 is 0 Å². The molecule has 3 aromatic rings. The molecule has 0 aliphatic heterocycles. The minimum atomic E-state index is 0.395. The molecule has 0 fully saturated rings. The number of aromatic amines is 1. The summed E-state index contributed by atoms with van der Waals surface area (Å²) in [4.78, 5) is 9.14. The first kappa shape index (κ1) is 13.3. The van der Waals surface area contributed by atoms with E-state index >= 15 is 0 Å². The SMILES string of the molecule is NCC#Cc1ccsc1CSc1nc2ccccc2[nH]1. The molecular formula is C15H13N3S2. The van der Waals surface area contributed by atoms with E-state index in [1.54, 1.807) is 23.1 Å². The fourth-order valence-corrected chi connectivity index (χ4v) is 3.67. The van der Waals surface area contributed by atoms with E-state index in [1.165, 1.54) is 4.88 Å². The van der Waals surface area contributed by atoms with Gasteiger partial charge in [-0.15, -0.1) is 11.3 Å². The fourth-order valence-electron chi connectivity index (χ4n) is 1.84. The third-order valence-electron chi connectivity index (χ3n) is 2.78. The van der Waals surface area contributed by atoms with Crippen LogP contribution in [-0.4, -0.2) is 16.5 Å². The Hall–Kier alpha value is -1.74. The van der Waals surface area contributed by atoms with Crippen molar-refractivity contribution in [2.75, 3.05) is 6.54 Å². The van der Waals surface area contributed by atoms with E-state index in [4.69, 9.17) is 5.73 Å². The van der Waals surface area contributed by atoms with Crippen LogP contribution in [-0.2, 0) is 5.75 Å². The summed E-state index contributed by atoms with van der Waals surface area (Å²) in [6.45, 7) is 0.395. The number of hydrogen-bond acceptors (Lipinski definition) is 4. The molecule has 0 atom stereocenters. The minimum absolute atomic E-state index is 0.395. The van der Waals surface area contributed by atoms with Gasteiger partial charge in [0, 0.05) is 16.2 Å². The van der Waals surface area contributed by atoms with Gasteiger partial charge in [-0.25, -0.2) is 4.98 Å². The Morgan fingerprint density at radius 3 is 3.05 bits per heavy atom. The number of imidazole rings is 1. The van der Waals surface area contributed by atoms with Crippen molar-refractivity contribution < 1.29 is 0 Å². The van der Waals surface area contributed by atoms with Gasteiger partial charge in [-0.05, 0) is 23.6 Å². The van der Waals surface area contributed by atoms with Crippen LogP contribution in [0.2, 0.25) is 0 Å². The van der Waals surface area contributed by atoms with Crippen molar-refractivity contribution in [2.24, 2.45) is 5.73 Å². The number of fused-ring (bicyclic) bond motifs is 1. The molecule has 2 aromatic heterocycles. The average molecular weight is 299 g/mol. The maximum Gasteiger partial charge on any atom is 0.166 e. The Kier molecular flexibility index (Phi) is 4.07. The molecule has 2 heterocycles. The lowest BCUT2D eigenvalue weighted by Gasteiger charge is -1.96. The van der Waals surface area contributed by atoms with Crippen LogP contribution < -0.4 is 5.73 Å². The molecule has 0 radical (unpaired) electrons. The lowest BCUT2D eigenvalue weighted by molar-refractivity contribution is 1.08. The van der Waals surface area contributed by atoms with E-state index in [-0.39, 0.29) is 0 Å². The summed E-state index contributed by atoms with van der Waals surface area (Å²) in [5, 5.41) is 3.01. The van der Waals surface area contributed by atoms with Gasteiger partial charge in [-0.1, -0.05) is 35.7 Å². The molecule has 0 aliphatic rings. The summed E-state index contributed by atoms with van der Waals surface area (Å²) in [7, 11) is 0. The largest absolute Gasteiger partial charge is 0.333 e. The third-order valence-corrected chi connectivity index (χ3v) is 4.78. The first-order valence-electron chi connectivity index (χ1n) is 6.19. The number of para-hydroxylation sites is 2. The zero-order valence-corrected chi connectivity index (χ0v) is 12.4. The van der Waals surface area contributed by atoms with E-state index in [9.17, 15) is 0 Å². The highest BCUT2D eigenvalue weighted by Crippen LogP contribution is 2.27. The fraction of sp³-hybridized carbons (Fsp3) is 0.133. The molecule has 3 N–H and O–H groups in total. The summed E-state index contributed by atoms with van der Waals surface area (Å²) in [5.41, 5.74) is 8.56. The van der Waals surface area contributed by atoms with Gasteiger partial charge in [0.1, 0.15) is 0 Å². The molecule has 1 aromatic carbocycles. The second-order valence-corrected chi connectivity index (χ2v) is 6.08. The van der Waals surface area contributed by atoms with Crippen LogP contribution >= 0.6 is 23.1 Å². The van der Waals surface area contributed by atoms with Gasteiger partial charge in [0.05, 0.1) is 17.6 Å². The molecule has 20 heavy (non-hydrogen) atoms. The number of nitrogens with two attached hydrogens (primary N) is 1. The van der Waals surface area contributed by atoms with Gasteiger partial charge < -0.3 is 10.7 Å². The van der Waals surface area contributed by atoms with Gasteiger partial charge in [0.15, 0.2) is 5.16 Å². The Balaban J connectivity index is 1.74. The molecule has 3 rings (SSSR count). The van der Waals surface area contributed by atoms with Crippen LogP contribution in [0.15, 0.2) is 40.9 Å². The summed E-state index contributed by atoms with van der Waals surface area (Å²) in [6, 6.07) is 10.1. The molecule has 0 saturated carbocycles. The number of nitrogens with zero attached hydrogens (tertiary/aromatic N) is 1. The van der Waals surface area contributed by atoms with Crippen molar-refractivity contribution in [1.29, 1.82) is 0 Å². The number of H-pyrrole nitrogens is 1. The maximum absolute atomic E-state index is 5.41. The smallest absolute Gasteiger partial charge is 0.166 e. The van der Waals surface area contributed by atoms with Gasteiger partial charge in [0.2, 0.25) is 0 Å². The van der Waals surface area contributed by atoms with Crippen molar-refractivity contribution in [3.8, 4) is 11.8 Å². The number of hydrogen-bond donors (Lipinski definition) is 2. The van der Waals surface area contributed by atoms with Crippen molar-refractivity contribution in [1.82, 2.24) is 9.97 Å². The van der Waals surface area contributed by atoms with Gasteiger partial charge in [-0.2, -0.15) is 0 Å². The van der Waals surface area contributed by atoms with E-state index in [0.29, 0.717) is 6.54 Å². The number of thiophene rings is 1. The highest BCUT2D eigenvalue weighted by Gasteiger charge is 2.06. The van der Waals surface area contributed by atoms with Crippen LogP contribution in [0.4, 0.5) is 0 Å². The van der Waals surface area contributed by atoms with Gasteiger partial charge >= 0.3 is 0 Å². The lowest BCUT2D eigenvalue weighted by atomic mass is 10.3. The Bertz CT molecular complexity index is 744. The molecule has 3 nitrogen and oxygen atoms in total. The standard InChI is InChI=1S/C15H13N3S2/c16-8-3-4-11-7-9-19-14(11)10-20-15-17-12-5-1-2-6-13(12)18-15/h1-2,5-7,9H,8,10,16H2,(H,17,18). The normalized spacial score (nSPS) is 10.4. The molecule has 0 unspecified atom stereocenters. The number of thioether (sulfide) groups is 1. The van der Waals surface area contributed by atoms with Crippen LogP contribution in [0.25, 0.3) is 11.0 Å². The van der Waals surface area contributed by atoms with Gasteiger partial charge in [-0.3, -0.25) is 0 Å². The highest BCUT2D eigenvalue weighted by molar-refractivity contribution is 7.98. The Labute approximate surface area is 125 Å². The zero-order chi connectivity index (χ0) is 13.8. The molecule has 0 aliphatic carbocycles. The third kappa shape index (κ3) is 2.88. The number of benzene rings is 1. The van der Waals surface area contributed by atoms with E-state index in [2.05, 4.69) is 27.2 Å². The van der Waals surface area contributed by atoms with E-state index in [1.807, 2.05) is 30.3 Å². The van der Waals surface area contributed by atoms with Crippen molar-refractivity contribution in [2.45, 2.75) is 10.9 Å². The molecule has 5 heteroatoms. The highest BCUT2D eigenvalue weighted by atomic mass is 32.2. The van der Waals surface area contributed by atoms with Crippen LogP contribution in [0.3, 0.4) is 0 Å². The monoisotopic (exact) mass is 299 g/mol. The Morgan fingerprint density at radius 1 is 1.30 bits per heavy atom.